The van der Waals surface area contributed by atoms with E-state index >= 15 is 0 Å². The molecule has 0 aliphatic carbocycles. The Morgan fingerprint density at radius 2 is 1.11 bits per heavy atom. The maximum Gasteiger partial charge on any atom is 0.330 e. The van der Waals surface area contributed by atoms with E-state index in [1.54, 1.807) is 0 Å². The minimum Gasteiger partial charge on any atom is -0.456 e. The van der Waals surface area contributed by atoms with Crippen LogP contribution in [-0.2, 0) is 50.0 Å². The Morgan fingerprint density at radius 3 is 1.53 bits per heavy atom. The molecule has 0 radical (unpaired) electrons. The zero-order valence-corrected chi connectivity index (χ0v) is 30.5. The van der Waals surface area contributed by atoms with E-state index in [9.17, 15) is 14.4 Å². The third kappa shape index (κ3) is 12.7. The molecule has 0 saturated carbocycles. The van der Waals surface area contributed by atoms with E-state index in [2.05, 4.69) is 74.4 Å². The summed E-state index contributed by atoms with van der Waals surface area (Å²) in [5, 5.41) is 0. The normalized spacial score (nSPS) is 12.8. The fourth-order valence-electron chi connectivity index (χ4n) is 4.96. The molecule has 1 N–H and O–H groups in total. The van der Waals surface area contributed by atoms with E-state index < -0.39 is 34.3 Å². The summed E-state index contributed by atoms with van der Waals surface area (Å²) in [4.78, 5) is 39.7. The number of Topliss-reactive ketones (excluding diaryl/α,β-unsaturated/α-hetero) is 1. The molecule has 2 rings (SSSR count). The number of hydrogen-bond donors (Lipinski definition) is 1. The lowest BCUT2D eigenvalue weighted by molar-refractivity contribution is -0.157. The van der Waals surface area contributed by atoms with Crippen LogP contribution in [0.5, 0.6) is 0 Å². The van der Waals surface area contributed by atoms with Gasteiger partial charge in [-0.1, -0.05) is 69.0 Å². The molecule has 0 fully saturated rings. The quantitative estimate of drug-likeness (QED) is 0.0927. The van der Waals surface area contributed by atoms with E-state index in [1.165, 1.54) is 24.1 Å². The number of esters is 1. The van der Waals surface area contributed by atoms with Crippen molar-refractivity contribution in [1.82, 2.24) is 5.48 Å². The second-order valence-electron chi connectivity index (χ2n) is 15.0. The van der Waals surface area contributed by atoms with Crippen molar-refractivity contribution in [3.05, 3.63) is 83.4 Å². The Labute approximate surface area is 282 Å². The van der Waals surface area contributed by atoms with Crippen molar-refractivity contribution in [2.24, 2.45) is 0 Å². The highest BCUT2D eigenvalue weighted by molar-refractivity contribution is 5.81. The van der Waals surface area contributed by atoms with Gasteiger partial charge in [-0.3, -0.25) is 4.79 Å². The molecule has 0 amide bonds. The molecule has 0 aliphatic rings. The number of ether oxygens (including phenoxy) is 3. The predicted molar refractivity (Wildman–Crippen MR) is 186 cm³/mol. The van der Waals surface area contributed by atoms with Crippen molar-refractivity contribution in [2.75, 3.05) is 13.2 Å². The van der Waals surface area contributed by atoms with Gasteiger partial charge in [-0.25, -0.2) is 4.79 Å². The number of carbonyl (C=O) groups is 3. The highest BCUT2D eigenvalue weighted by Gasteiger charge is 2.29. The Hall–Kier alpha value is -3.33. The van der Waals surface area contributed by atoms with Crippen molar-refractivity contribution in [3.8, 4) is 0 Å². The van der Waals surface area contributed by atoms with Gasteiger partial charge in [-0.15, -0.1) is 5.48 Å². The average Bonchev–Trinajstić information content (AvgIpc) is 2.98. The van der Waals surface area contributed by atoms with Gasteiger partial charge in [0.2, 0.25) is 0 Å². The van der Waals surface area contributed by atoms with Gasteiger partial charge in [0.05, 0.1) is 29.8 Å². The molecule has 0 aromatic heterocycles. The van der Waals surface area contributed by atoms with Gasteiger partial charge in [0.1, 0.15) is 11.4 Å². The largest absolute Gasteiger partial charge is 0.456 e. The number of hydrogen-bond acceptors (Lipinski definition) is 8. The van der Waals surface area contributed by atoms with Crippen LogP contribution in [0.3, 0.4) is 0 Å². The first-order valence-electron chi connectivity index (χ1n) is 16.4. The van der Waals surface area contributed by atoms with Crippen molar-refractivity contribution < 1.29 is 33.4 Å². The van der Waals surface area contributed by atoms with Crippen molar-refractivity contribution >= 4 is 17.7 Å². The highest BCUT2D eigenvalue weighted by Crippen LogP contribution is 2.35. The Balaban J connectivity index is 1.98. The van der Waals surface area contributed by atoms with Crippen LogP contribution in [0.2, 0.25) is 0 Å². The second kappa shape index (κ2) is 16.2. The number of hydroxylamine groups is 1. The summed E-state index contributed by atoms with van der Waals surface area (Å²) in [5.74, 6) is -0.931. The van der Waals surface area contributed by atoms with Gasteiger partial charge in [0.25, 0.3) is 0 Å². The molecule has 0 atom stereocenters. The summed E-state index contributed by atoms with van der Waals surface area (Å²) >= 11 is 0. The fraction of sp³-hybridized carbons (Fsp3) is 0.564. The van der Waals surface area contributed by atoms with Gasteiger partial charge < -0.3 is 23.8 Å². The maximum absolute atomic E-state index is 11.9. The molecule has 260 valence electrons. The van der Waals surface area contributed by atoms with Gasteiger partial charge in [0, 0.05) is 30.9 Å². The first-order chi connectivity index (χ1) is 21.6. The monoisotopic (exact) mass is 651 g/mol. The van der Waals surface area contributed by atoms with Crippen molar-refractivity contribution in [2.45, 2.75) is 130 Å². The lowest BCUT2D eigenvalue weighted by Gasteiger charge is -2.32. The van der Waals surface area contributed by atoms with Crippen molar-refractivity contribution in [1.29, 1.82) is 0 Å². The number of benzene rings is 2. The van der Waals surface area contributed by atoms with E-state index in [0.29, 0.717) is 26.1 Å². The SMILES string of the molecule is C=CC(=O)OC(C)(C)CCOC(C)(C)c1ccc(C(C)(C)c2ccc(C(C)(C)OCCC(C)(C)NOC(=O)CCC(C)=O)cc2)cc1. The van der Waals surface area contributed by atoms with Crippen LogP contribution in [0, 0.1) is 0 Å². The Kier molecular flexibility index (Phi) is 13.7. The number of ketones is 1. The van der Waals surface area contributed by atoms with Crippen LogP contribution < -0.4 is 5.48 Å². The second-order valence-corrected chi connectivity index (χ2v) is 15.0. The minimum atomic E-state index is -0.642. The maximum atomic E-state index is 11.9. The van der Waals surface area contributed by atoms with Crippen LogP contribution in [0.4, 0.5) is 0 Å². The van der Waals surface area contributed by atoms with Crippen molar-refractivity contribution in [3.63, 3.8) is 0 Å². The van der Waals surface area contributed by atoms with Crippen LogP contribution in [0.1, 0.15) is 124 Å². The number of rotatable bonds is 19. The summed E-state index contributed by atoms with van der Waals surface area (Å²) in [7, 11) is 0. The molecule has 8 nitrogen and oxygen atoms in total. The zero-order chi connectivity index (χ0) is 35.7. The molecule has 8 heteroatoms. The summed E-state index contributed by atoms with van der Waals surface area (Å²) in [6.45, 7) is 26.0. The molecule has 0 spiro atoms. The van der Waals surface area contributed by atoms with E-state index in [1.807, 2.05) is 55.4 Å². The molecular weight excluding hydrogens is 594 g/mol. The molecule has 2 aromatic rings. The summed E-state index contributed by atoms with van der Waals surface area (Å²) in [6.07, 6.45) is 2.59. The minimum absolute atomic E-state index is 0.0438. The molecule has 0 unspecified atom stereocenters. The molecule has 0 heterocycles. The molecule has 0 aliphatic heterocycles. The van der Waals surface area contributed by atoms with Gasteiger partial charge in [-0.2, -0.15) is 0 Å². The van der Waals surface area contributed by atoms with Crippen LogP contribution in [-0.4, -0.2) is 42.1 Å². The van der Waals surface area contributed by atoms with Crippen LogP contribution >= 0.6 is 0 Å². The zero-order valence-electron chi connectivity index (χ0n) is 30.5. The molecular formula is C39H57NO7. The third-order valence-corrected chi connectivity index (χ3v) is 8.63. The molecule has 47 heavy (non-hydrogen) atoms. The van der Waals surface area contributed by atoms with Crippen LogP contribution in [0.15, 0.2) is 61.2 Å². The number of carbonyl (C=O) groups excluding carboxylic acids is 3. The molecule has 0 bridgehead atoms. The van der Waals surface area contributed by atoms with Gasteiger partial charge in [-0.05, 0) is 91.0 Å². The summed E-state index contributed by atoms with van der Waals surface area (Å²) in [5.41, 5.74) is 4.92. The first kappa shape index (κ1) is 39.8. The predicted octanol–water partition coefficient (Wildman–Crippen LogP) is 8.00. The van der Waals surface area contributed by atoms with Gasteiger partial charge in [0.15, 0.2) is 0 Å². The topological polar surface area (TPSA) is 100 Å². The standard InChI is InChI=1S/C39H57NO7/c1-13-33(42)46-36(5,6)25-27-45-39(11,12)32-21-17-30(18-22-32)37(7,8)29-15-19-31(20-16-29)38(9,10)44-26-24-35(3,4)40-47-34(43)23-14-28(2)41/h13,15-22,40H,1,14,23-27H2,2-12H3. The lowest BCUT2D eigenvalue weighted by atomic mass is 9.77. The Bertz CT molecular complexity index is 1350. The highest BCUT2D eigenvalue weighted by atomic mass is 16.7. The summed E-state index contributed by atoms with van der Waals surface area (Å²) in [6, 6.07) is 17.1. The fourth-order valence-corrected chi connectivity index (χ4v) is 4.96. The first-order valence-corrected chi connectivity index (χ1v) is 16.4. The molecule has 0 saturated heterocycles. The van der Waals surface area contributed by atoms with E-state index in [-0.39, 0.29) is 24.0 Å². The van der Waals surface area contributed by atoms with Gasteiger partial charge >= 0.3 is 11.9 Å². The van der Waals surface area contributed by atoms with Crippen LogP contribution in [0.25, 0.3) is 0 Å². The lowest BCUT2D eigenvalue weighted by Crippen LogP contribution is -2.42. The van der Waals surface area contributed by atoms with E-state index in [4.69, 9.17) is 19.0 Å². The van der Waals surface area contributed by atoms with E-state index in [0.717, 1.165) is 11.1 Å². The third-order valence-electron chi connectivity index (χ3n) is 8.63. The average molecular weight is 652 g/mol. The molecule has 2 aromatic carbocycles. The Morgan fingerprint density at radius 1 is 0.681 bits per heavy atom. The number of nitrogens with one attached hydrogen (secondary N) is 1. The smallest absolute Gasteiger partial charge is 0.330 e. The summed E-state index contributed by atoms with van der Waals surface area (Å²) < 4.78 is 18.0.